The topological polar surface area (TPSA) is 43.0 Å². The summed E-state index contributed by atoms with van der Waals surface area (Å²) in [6.07, 6.45) is 0. The summed E-state index contributed by atoms with van der Waals surface area (Å²) in [5, 5.41) is 3.28. The van der Waals surface area contributed by atoms with Crippen molar-refractivity contribution in [1.29, 1.82) is 0 Å². The van der Waals surface area contributed by atoms with E-state index in [2.05, 4.69) is 17.3 Å². The van der Waals surface area contributed by atoms with E-state index in [1.165, 1.54) is 0 Å². The zero-order chi connectivity index (χ0) is 13.8. The first-order chi connectivity index (χ1) is 9.19. The van der Waals surface area contributed by atoms with Crippen LogP contribution >= 0.6 is 12.4 Å². The Kier molecular flexibility index (Phi) is 6.39. The van der Waals surface area contributed by atoms with Crippen LogP contribution < -0.4 is 19.5 Å². The Labute approximate surface area is 126 Å². The first-order valence-corrected chi connectivity index (χ1v) is 6.39. The molecule has 20 heavy (non-hydrogen) atoms. The van der Waals surface area contributed by atoms with E-state index in [-0.39, 0.29) is 12.4 Å². The summed E-state index contributed by atoms with van der Waals surface area (Å²) in [6, 6.07) is 4.62. The predicted molar refractivity (Wildman–Crippen MR) is 81.5 cm³/mol. The normalized spacial score (nSPS) is 14.4. The van der Waals surface area contributed by atoms with Crippen LogP contribution in [0.2, 0.25) is 0 Å². The fourth-order valence-corrected chi connectivity index (χ4v) is 2.23. The number of methoxy groups -OCH3 is 3. The highest BCUT2D eigenvalue weighted by atomic mass is 35.5. The third kappa shape index (κ3) is 3.48. The Hall–Kier alpha value is -1.17. The quantitative estimate of drug-likeness (QED) is 0.863. The highest BCUT2D eigenvalue weighted by Crippen LogP contribution is 2.38. The van der Waals surface area contributed by atoms with E-state index < -0.39 is 0 Å². The molecule has 1 aromatic carbocycles. The first-order valence-electron chi connectivity index (χ1n) is 6.39. The van der Waals surface area contributed by atoms with Crippen LogP contribution in [0.15, 0.2) is 12.1 Å². The zero-order valence-corrected chi connectivity index (χ0v) is 13.3. The van der Waals surface area contributed by atoms with Crippen molar-refractivity contribution < 1.29 is 14.2 Å². The lowest BCUT2D eigenvalue weighted by Crippen LogP contribution is -2.55. The van der Waals surface area contributed by atoms with E-state index in [9.17, 15) is 0 Å². The average Bonchev–Trinajstić information content (AvgIpc) is 2.35. The van der Waals surface area contributed by atoms with Crippen LogP contribution in [-0.2, 0) is 6.54 Å². The molecule has 114 valence electrons. The van der Waals surface area contributed by atoms with E-state index in [0.717, 1.165) is 25.2 Å². The maximum absolute atomic E-state index is 5.37. The lowest BCUT2D eigenvalue weighted by atomic mass is 10.1. The van der Waals surface area contributed by atoms with Gasteiger partial charge in [-0.25, -0.2) is 0 Å². The van der Waals surface area contributed by atoms with E-state index in [4.69, 9.17) is 14.2 Å². The summed E-state index contributed by atoms with van der Waals surface area (Å²) < 4.78 is 16.1. The average molecular weight is 303 g/mol. The third-order valence-corrected chi connectivity index (χ3v) is 3.54. The molecule has 0 amide bonds. The maximum Gasteiger partial charge on any atom is 0.203 e. The monoisotopic (exact) mass is 302 g/mol. The van der Waals surface area contributed by atoms with Crippen LogP contribution in [0.3, 0.4) is 0 Å². The second-order valence-electron chi connectivity index (χ2n) is 4.76. The largest absolute Gasteiger partial charge is 0.493 e. The minimum absolute atomic E-state index is 0. The molecule has 1 heterocycles. The molecular formula is C14H23ClN2O3. The van der Waals surface area contributed by atoms with Crippen LogP contribution in [0.5, 0.6) is 17.2 Å². The summed E-state index contributed by atoms with van der Waals surface area (Å²) >= 11 is 0. The SMILES string of the molecule is COc1cc(CN(C)C2CNC2)cc(OC)c1OC.Cl. The molecule has 2 rings (SSSR count). The molecule has 0 unspecified atom stereocenters. The van der Waals surface area contributed by atoms with Gasteiger partial charge in [-0.2, -0.15) is 0 Å². The molecule has 0 bridgehead atoms. The Morgan fingerprint density at radius 2 is 1.65 bits per heavy atom. The Bertz CT molecular complexity index is 413. The van der Waals surface area contributed by atoms with Gasteiger partial charge in [0.15, 0.2) is 11.5 Å². The van der Waals surface area contributed by atoms with Crippen LogP contribution in [0.25, 0.3) is 0 Å². The van der Waals surface area contributed by atoms with Crippen LogP contribution in [0.1, 0.15) is 5.56 Å². The number of likely N-dealkylation sites (N-methyl/N-ethyl adjacent to an activating group) is 1. The van der Waals surface area contributed by atoms with Gasteiger partial charge in [-0.3, -0.25) is 4.90 Å². The first kappa shape index (κ1) is 16.9. The van der Waals surface area contributed by atoms with Gasteiger partial charge < -0.3 is 19.5 Å². The van der Waals surface area contributed by atoms with Crippen LogP contribution in [-0.4, -0.2) is 52.4 Å². The van der Waals surface area contributed by atoms with Gasteiger partial charge in [0.1, 0.15) is 0 Å². The number of ether oxygens (including phenoxy) is 3. The van der Waals surface area contributed by atoms with Crippen LogP contribution in [0, 0.1) is 0 Å². The molecule has 0 radical (unpaired) electrons. The van der Waals surface area contributed by atoms with E-state index in [1.807, 2.05) is 12.1 Å². The molecule has 1 aliphatic heterocycles. The van der Waals surface area contributed by atoms with Crippen molar-refractivity contribution in [2.24, 2.45) is 0 Å². The summed E-state index contributed by atoms with van der Waals surface area (Å²) in [4.78, 5) is 2.33. The highest BCUT2D eigenvalue weighted by Gasteiger charge is 2.22. The van der Waals surface area contributed by atoms with Crippen LogP contribution in [0.4, 0.5) is 0 Å². The number of hydrogen-bond acceptors (Lipinski definition) is 5. The van der Waals surface area contributed by atoms with Crippen molar-refractivity contribution >= 4 is 12.4 Å². The molecule has 1 aliphatic rings. The summed E-state index contributed by atoms with van der Waals surface area (Å²) in [6.45, 7) is 2.98. The van der Waals surface area contributed by atoms with Crippen molar-refractivity contribution in [1.82, 2.24) is 10.2 Å². The van der Waals surface area contributed by atoms with E-state index >= 15 is 0 Å². The van der Waals surface area contributed by atoms with Crippen molar-refractivity contribution in [2.75, 3.05) is 41.5 Å². The molecule has 0 spiro atoms. The van der Waals surface area contributed by atoms with Gasteiger partial charge >= 0.3 is 0 Å². The minimum atomic E-state index is 0. The molecule has 0 saturated carbocycles. The van der Waals surface area contributed by atoms with Gasteiger partial charge in [-0.15, -0.1) is 12.4 Å². The van der Waals surface area contributed by atoms with Gasteiger partial charge in [-0.1, -0.05) is 0 Å². The van der Waals surface area contributed by atoms with Gasteiger partial charge in [0.2, 0.25) is 5.75 Å². The molecule has 6 heteroatoms. The standard InChI is InChI=1S/C14H22N2O3.ClH/c1-16(11-7-15-8-11)9-10-5-12(17-2)14(19-4)13(6-10)18-3;/h5-6,11,15H,7-9H2,1-4H3;1H. The van der Waals surface area contributed by atoms with Gasteiger partial charge in [0.05, 0.1) is 21.3 Å². The van der Waals surface area contributed by atoms with E-state index in [1.54, 1.807) is 21.3 Å². The molecule has 0 aliphatic carbocycles. The third-order valence-electron chi connectivity index (χ3n) is 3.54. The molecular weight excluding hydrogens is 280 g/mol. The van der Waals surface area contributed by atoms with Crippen molar-refractivity contribution in [2.45, 2.75) is 12.6 Å². The van der Waals surface area contributed by atoms with Crippen molar-refractivity contribution in [3.05, 3.63) is 17.7 Å². The molecule has 0 atom stereocenters. The Morgan fingerprint density at radius 1 is 1.10 bits per heavy atom. The molecule has 0 aromatic heterocycles. The van der Waals surface area contributed by atoms with Gasteiger partial charge in [0.25, 0.3) is 0 Å². The fourth-order valence-electron chi connectivity index (χ4n) is 2.23. The Morgan fingerprint density at radius 3 is 2.00 bits per heavy atom. The van der Waals surface area contributed by atoms with Gasteiger partial charge in [0, 0.05) is 25.7 Å². The summed E-state index contributed by atoms with van der Waals surface area (Å²) in [7, 11) is 7.03. The summed E-state index contributed by atoms with van der Waals surface area (Å²) in [5.74, 6) is 2.05. The molecule has 1 N–H and O–H groups in total. The molecule has 1 saturated heterocycles. The maximum atomic E-state index is 5.37. The van der Waals surface area contributed by atoms with Crippen molar-refractivity contribution in [3.8, 4) is 17.2 Å². The second kappa shape index (κ2) is 7.57. The Balaban J connectivity index is 0.00000200. The number of nitrogens with zero attached hydrogens (tertiary/aromatic N) is 1. The zero-order valence-electron chi connectivity index (χ0n) is 12.4. The second-order valence-corrected chi connectivity index (χ2v) is 4.76. The number of benzene rings is 1. The predicted octanol–water partition coefficient (Wildman–Crippen LogP) is 1.54. The fraction of sp³-hybridized carbons (Fsp3) is 0.571. The number of rotatable bonds is 6. The lowest BCUT2D eigenvalue weighted by Gasteiger charge is -2.35. The minimum Gasteiger partial charge on any atom is -0.493 e. The number of nitrogens with one attached hydrogen (secondary N) is 1. The van der Waals surface area contributed by atoms with Crippen molar-refractivity contribution in [3.63, 3.8) is 0 Å². The lowest BCUT2D eigenvalue weighted by molar-refractivity contribution is 0.172. The highest BCUT2D eigenvalue weighted by molar-refractivity contribution is 5.85. The molecule has 1 aromatic rings. The summed E-state index contributed by atoms with van der Waals surface area (Å²) in [5.41, 5.74) is 1.16. The number of halogens is 1. The smallest absolute Gasteiger partial charge is 0.203 e. The number of hydrogen-bond donors (Lipinski definition) is 1. The van der Waals surface area contributed by atoms with E-state index in [0.29, 0.717) is 23.3 Å². The molecule has 5 nitrogen and oxygen atoms in total. The molecule has 1 fully saturated rings. The van der Waals surface area contributed by atoms with Gasteiger partial charge in [-0.05, 0) is 24.7 Å².